The van der Waals surface area contributed by atoms with Gasteiger partial charge in [0.25, 0.3) is 0 Å². The van der Waals surface area contributed by atoms with Gasteiger partial charge < -0.3 is 14.8 Å². The summed E-state index contributed by atoms with van der Waals surface area (Å²) in [6.45, 7) is 5.62. The van der Waals surface area contributed by atoms with Crippen molar-refractivity contribution in [2.24, 2.45) is 5.10 Å². The molecule has 9 heteroatoms. The Labute approximate surface area is 156 Å². The standard InChI is InChI=1S/C17H21N5O3S/c1-17(2,3)25-16(23)18-9-14-19-20-15-22(14)21-13(10-26-15)11-6-5-7-12(8-11)24-4/h5-8H,9-10H2,1-4H3,(H,18,23). The van der Waals surface area contributed by atoms with Gasteiger partial charge in [-0.1, -0.05) is 23.9 Å². The lowest BCUT2D eigenvalue weighted by molar-refractivity contribution is 0.0521. The molecular formula is C17H21N5O3S. The van der Waals surface area contributed by atoms with Gasteiger partial charge in [0, 0.05) is 11.3 Å². The normalized spacial score (nSPS) is 13.6. The Kier molecular flexibility index (Phi) is 5.17. The second-order valence-electron chi connectivity index (χ2n) is 6.63. The zero-order valence-electron chi connectivity index (χ0n) is 15.1. The number of ether oxygens (including phenoxy) is 2. The summed E-state index contributed by atoms with van der Waals surface area (Å²) in [4.78, 5) is 11.8. The van der Waals surface area contributed by atoms with Crippen molar-refractivity contribution < 1.29 is 14.3 Å². The van der Waals surface area contributed by atoms with Gasteiger partial charge in [0.1, 0.15) is 11.4 Å². The summed E-state index contributed by atoms with van der Waals surface area (Å²) in [6.07, 6.45) is -0.504. The summed E-state index contributed by atoms with van der Waals surface area (Å²) < 4.78 is 12.2. The summed E-state index contributed by atoms with van der Waals surface area (Å²) >= 11 is 1.54. The number of carbonyl (C=O) groups is 1. The molecule has 2 aromatic rings. The predicted octanol–water partition coefficient (Wildman–Crippen LogP) is 2.67. The monoisotopic (exact) mass is 375 g/mol. The van der Waals surface area contributed by atoms with E-state index in [1.165, 1.54) is 0 Å². The van der Waals surface area contributed by atoms with E-state index in [1.807, 2.05) is 45.0 Å². The molecule has 0 saturated heterocycles. The highest BCUT2D eigenvalue weighted by Gasteiger charge is 2.21. The zero-order chi connectivity index (χ0) is 18.7. The molecule has 0 aliphatic carbocycles. The quantitative estimate of drug-likeness (QED) is 0.883. The van der Waals surface area contributed by atoms with Crippen LogP contribution in [0.4, 0.5) is 4.79 Å². The molecule has 26 heavy (non-hydrogen) atoms. The van der Waals surface area contributed by atoms with Gasteiger partial charge in [0.2, 0.25) is 5.16 Å². The Bertz CT molecular complexity index is 841. The highest BCUT2D eigenvalue weighted by Crippen LogP contribution is 2.25. The van der Waals surface area contributed by atoms with Crippen molar-refractivity contribution >= 4 is 23.6 Å². The number of alkyl carbamates (subject to hydrolysis) is 1. The van der Waals surface area contributed by atoms with Gasteiger partial charge >= 0.3 is 6.09 Å². The molecule has 2 heterocycles. The van der Waals surface area contributed by atoms with E-state index in [-0.39, 0.29) is 6.54 Å². The van der Waals surface area contributed by atoms with Crippen LogP contribution in [0.1, 0.15) is 32.2 Å². The Balaban J connectivity index is 1.77. The van der Waals surface area contributed by atoms with Crippen LogP contribution in [0.3, 0.4) is 0 Å². The molecule has 0 unspecified atom stereocenters. The number of benzene rings is 1. The minimum Gasteiger partial charge on any atom is -0.497 e. The van der Waals surface area contributed by atoms with Crippen molar-refractivity contribution in [1.29, 1.82) is 0 Å². The first-order valence-corrected chi connectivity index (χ1v) is 9.10. The first kappa shape index (κ1) is 18.2. The smallest absolute Gasteiger partial charge is 0.408 e. The summed E-state index contributed by atoms with van der Waals surface area (Å²) in [6, 6.07) is 7.73. The largest absolute Gasteiger partial charge is 0.497 e. The summed E-state index contributed by atoms with van der Waals surface area (Å²) in [5, 5.41) is 16.3. The average Bonchev–Trinajstić information content (AvgIpc) is 3.01. The minimum atomic E-state index is -0.554. The third kappa shape index (κ3) is 4.34. The minimum absolute atomic E-state index is 0.178. The van der Waals surface area contributed by atoms with Gasteiger partial charge in [-0.2, -0.15) is 9.78 Å². The van der Waals surface area contributed by atoms with E-state index in [0.29, 0.717) is 16.7 Å². The number of thioether (sulfide) groups is 1. The van der Waals surface area contributed by atoms with E-state index >= 15 is 0 Å². The number of hydrogen-bond donors (Lipinski definition) is 1. The third-order valence-corrected chi connectivity index (χ3v) is 4.36. The maximum Gasteiger partial charge on any atom is 0.408 e. The molecule has 3 rings (SSSR count). The summed E-state index contributed by atoms with van der Waals surface area (Å²) in [7, 11) is 1.63. The van der Waals surface area contributed by atoms with Gasteiger partial charge in [-0.15, -0.1) is 10.2 Å². The van der Waals surface area contributed by atoms with Crippen molar-refractivity contribution in [2.45, 2.75) is 38.1 Å². The molecule has 1 N–H and O–H groups in total. The Morgan fingerprint density at radius 2 is 2.15 bits per heavy atom. The van der Waals surface area contributed by atoms with E-state index in [2.05, 4.69) is 20.6 Å². The summed E-state index contributed by atoms with van der Waals surface area (Å²) in [5.74, 6) is 2.00. The van der Waals surface area contributed by atoms with E-state index in [1.54, 1.807) is 23.5 Å². The highest BCUT2D eigenvalue weighted by molar-refractivity contribution is 7.99. The van der Waals surface area contributed by atoms with Gasteiger partial charge in [-0.3, -0.25) is 0 Å². The number of carbonyl (C=O) groups excluding carboxylic acids is 1. The van der Waals surface area contributed by atoms with Crippen molar-refractivity contribution in [3.8, 4) is 5.75 Å². The van der Waals surface area contributed by atoms with Crippen LogP contribution >= 0.6 is 11.8 Å². The van der Waals surface area contributed by atoms with Gasteiger partial charge in [-0.25, -0.2) is 4.79 Å². The van der Waals surface area contributed by atoms with Crippen LogP contribution in [0.15, 0.2) is 34.5 Å². The molecular weight excluding hydrogens is 354 g/mol. The molecule has 0 atom stereocenters. The molecule has 1 aliphatic rings. The molecule has 0 bridgehead atoms. The molecule has 138 valence electrons. The molecule has 1 aromatic heterocycles. The number of nitrogens with one attached hydrogen (secondary N) is 1. The van der Waals surface area contributed by atoms with Crippen LogP contribution in [-0.4, -0.2) is 45.1 Å². The first-order chi connectivity index (χ1) is 12.4. The molecule has 0 radical (unpaired) electrons. The molecule has 8 nitrogen and oxygen atoms in total. The predicted molar refractivity (Wildman–Crippen MR) is 98.7 cm³/mol. The topological polar surface area (TPSA) is 90.6 Å². The maximum absolute atomic E-state index is 11.8. The number of fused-ring (bicyclic) bond motifs is 1. The fraction of sp³-hybridized carbons (Fsp3) is 0.412. The Hall–Kier alpha value is -2.55. The zero-order valence-corrected chi connectivity index (χ0v) is 16.0. The molecule has 0 spiro atoms. The van der Waals surface area contributed by atoms with Gasteiger partial charge in [0.05, 0.1) is 19.4 Å². The van der Waals surface area contributed by atoms with Crippen LogP contribution < -0.4 is 10.1 Å². The van der Waals surface area contributed by atoms with Crippen molar-refractivity contribution in [3.05, 3.63) is 35.7 Å². The van der Waals surface area contributed by atoms with Crippen LogP contribution in [0.25, 0.3) is 0 Å². The van der Waals surface area contributed by atoms with E-state index < -0.39 is 11.7 Å². The lowest BCUT2D eigenvalue weighted by Crippen LogP contribution is -2.32. The second-order valence-corrected chi connectivity index (χ2v) is 7.58. The highest BCUT2D eigenvalue weighted by atomic mass is 32.2. The number of amides is 1. The number of methoxy groups -OCH3 is 1. The first-order valence-electron chi connectivity index (χ1n) is 8.12. The van der Waals surface area contributed by atoms with Crippen molar-refractivity contribution in [2.75, 3.05) is 12.9 Å². The van der Waals surface area contributed by atoms with Gasteiger partial charge in [0.15, 0.2) is 5.82 Å². The third-order valence-electron chi connectivity index (χ3n) is 3.43. The Morgan fingerprint density at radius 3 is 2.88 bits per heavy atom. The maximum atomic E-state index is 11.8. The number of nitrogens with zero attached hydrogens (tertiary/aromatic N) is 4. The lowest BCUT2D eigenvalue weighted by Gasteiger charge is -2.19. The van der Waals surface area contributed by atoms with Crippen LogP contribution in [0.5, 0.6) is 5.75 Å². The lowest BCUT2D eigenvalue weighted by atomic mass is 10.1. The van der Waals surface area contributed by atoms with Crippen LogP contribution in [0.2, 0.25) is 0 Å². The van der Waals surface area contributed by atoms with Crippen molar-refractivity contribution in [1.82, 2.24) is 20.2 Å². The van der Waals surface area contributed by atoms with Gasteiger partial charge in [-0.05, 0) is 32.9 Å². The van der Waals surface area contributed by atoms with Crippen LogP contribution in [-0.2, 0) is 11.3 Å². The number of hydrogen-bond acceptors (Lipinski definition) is 7. The van der Waals surface area contributed by atoms with E-state index in [0.717, 1.165) is 17.0 Å². The fourth-order valence-corrected chi connectivity index (χ4v) is 3.15. The average molecular weight is 375 g/mol. The fourth-order valence-electron chi connectivity index (χ4n) is 2.29. The molecule has 0 fully saturated rings. The SMILES string of the molecule is COc1cccc(C2=Nn3c(CNC(=O)OC(C)(C)C)nnc3SC2)c1. The number of aromatic nitrogens is 3. The molecule has 1 aliphatic heterocycles. The number of rotatable bonds is 4. The summed E-state index contributed by atoms with van der Waals surface area (Å²) in [5.41, 5.74) is 1.31. The molecule has 1 amide bonds. The van der Waals surface area contributed by atoms with E-state index in [9.17, 15) is 4.79 Å². The van der Waals surface area contributed by atoms with Crippen LogP contribution in [0, 0.1) is 0 Å². The molecule has 0 saturated carbocycles. The van der Waals surface area contributed by atoms with Crippen molar-refractivity contribution in [3.63, 3.8) is 0 Å². The molecule has 1 aromatic carbocycles. The Morgan fingerprint density at radius 1 is 1.35 bits per heavy atom. The van der Waals surface area contributed by atoms with E-state index in [4.69, 9.17) is 9.47 Å². The second kappa shape index (κ2) is 7.36.